The van der Waals surface area contributed by atoms with Gasteiger partial charge in [-0.1, -0.05) is 35.3 Å². The Morgan fingerprint density at radius 1 is 1.03 bits per heavy atom. The molecule has 1 aliphatic heterocycles. The molecule has 9 heteroatoms. The molecule has 2 aromatic rings. The molecule has 164 valence electrons. The Morgan fingerprint density at radius 2 is 1.71 bits per heavy atom. The highest BCUT2D eigenvalue weighted by Gasteiger charge is 2.57. The first kappa shape index (κ1) is 21.4. The predicted octanol–water partition coefficient (Wildman–Crippen LogP) is 3.82. The lowest BCUT2D eigenvalue weighted by molar-refractivity contribution is -0.125. The molecule has 3 saturated carbocycles. The van der Waals surface area contributed by atoms with Crippen molar-refractivity contribution in [2.45, 2.75) is 41.7 Å². The molecule has 1 amide bonds. The molecule has 1 saturated heterocycles. The summed E-state index contributed by atoms with van der Waals surface area (Å²) in [5.41, 5.74) is 7.87. The monoisotopic (exact) mass is 478 g/mol. The molecule has 31 heavy (non-hydrogen) atoms. The minimum Gasteiger partial charge on any atom is -0.484 e. The first-order valence-electron chi connectivity index (χ1n) is 10.4. The molecule has 3 atom stereocenters. The number of benzene rings is 2. The number of rotatable bonds is 7. The average Bonchev–Trinajstić information content (AvgIpc) is 3.42. The fourth-order valence-corrected chi connectivity index (χ4v) is 6.14. The van der Waals surface area contributed by atoms with Crippen molar-refractivity contribution in [1.82, 2.24) is 21.5 Å². The van der Waals surface area contributed by atoms with E-state index < -0.39 is 0 Å². The number of halogens is 2. The molecule has 2 aromatic carbocycles. The molecule has 0 spiro atoms. The zero-order valence-corrected chi connectivity index (χ0v) is 19.1. The van der Waals surface area contributed by atoms with Crippen LogP contribution in [-0.4, -0.2) is 29.6 Å². The minimum atomic E-state index is -0.102. The summed E-state index contributed by atoms with van der Waals surface area (Å²) in [5, 5.41) is 8.48. The second-order valence-corrected chi connectivity index (χ2v) is 10.5. The molecule has 6 rings (SSSR count). The predicted molar refractivity (Wildman–Crippen MR) is 124 cm³/mol. The Hall–Kier alpha value is -1.48. The van der Waals surface area contributed by atoms with Crippen molar-refractivity contribution in [3.8, 4) is 5.75 Å². The van der Waals surface area contributed by atoms with Crippen molar-refractivity contribution in [2.24, 2.45) is 5.92 Å². The van der Waals surface area contributed by atoms with Gasteiger partial charge in [-0.3, -0.25) is 10.1 Å². The van der Waals surface area contributed by atoms with Gasteiger partial charge in [0.15, 0.2) is 6.61 Å². The fraction of sp³-hybridized carbons (Fsp3) is 0.409. The second kappa shape index (κ2) is 8.81. The Kier molecular flexibility index (Phi) is 6.07. The quantitative estimate of drug-likeness (QED) is 0.484. The van der Waals surface area contributed by atoms with E-state index in [0.29, 0.717) is 22.7 Å². The number of fused-ring (bicyclic) bond motifs is 1. The van der Waals surface area contributed by atoms with Crippen molar-refractivity contribution in [3.05, 3.63) is 64.1 Å². The normalized spacial score (nSPS) is 31.3. The standard InChI is InChI=1S/C22H24Cl2N4O2S/c23-15-3-1-13(2-4-15)20-27-28-21(31-20)25-18-11-22(9-14(18)10-22)26-19(29)12-30-17-7-5-16(24)6-8-17/h1-8,14,18,20-21,25,27-28H,9-12H2,(H,26,29)/t14?,18-,20?,21?,22?/m0/s1. The maximum atomic E-state index is 12.4. The third-order valence-electron chi connectivity index (χ3n) is 6.23. The molecular weight excluding hydrogens is 455 g/mol. The molecule has 6 nitrogen and oxygen atoms in total. The lowest BCUT2D eigenvalue weighted by atomic mass is 9.76. The van der Waals surface area contributed by atoms with Crippen LogP contribution in [0.15, 0.2) is 48.5 Å². The number of amides is 1. The average molecular weight is 479 g/mol. The van der Waals surface area contributed by atoms with Gasteiger partial charge in [-0.25, -0.2) is 10.9 Å². The summed E-state index contributed by atoms with van der Waals surface area (Å²) in [7, 11) is 0. The van der Waals surface area contributed by atoms with E-state index in [0.717, 1.165) is 24.3 Å². The van der Waals surface area contributed by atoms with Crippen LogP contribution in [0, 0.1) is 5.92 Å². The van der Waals surface area contributed by atoms with Crippen molar-refractivity contribution < 1.29 is 9.53 Å². The molecule has 0 aromatic heterocycles. The molecule has 4 N–H and O–H groups in total. The van der Waals surface area contributed by atoms with Crippen LogP contribution < -0.4 is 26.2 Å². The van der Waals surface area contributed by atoms with Crippen LogP contribution in [0.5, 0.6) is 5.75 Å². The van der Waals surface area contributed by atoms with Gasteiger partial charge >= 0.3 is 0 Å². The highest BCUT2D eigenvalue weighted by molar-refractivity contribution is 8.00. The van der Waals surface area contributed by atoms with Gasteiger partial charge in [-0.05, 0) is 67.1 Å². The highest BCUT2D eigenvalue weighted by atomic mass is 35.5. The van der Waals surface area contributed by atoms with Crippen molar-refractivity contribution in [3.63, 3.8) is 0 Å². The minimum absolute atomic E-state index is 0.0128. The van der Waals surface area contributed by atoms with Crippen molar-refractivity contribution >= 4 is 40.9 Å². The van der Waals surface area contributed by atoms with E-state index in [1.54, 1.807) is 36.0 Å². The van der Waals surface area contributed by atoms with Crippen LogP contribution in [-0.2, 0) is 4.79 Å². The van der Waals surface area contributed by atoms with E-state index in [4.69, 9.17) is 27.9 Å². The first-order valence-corrected chi connectivity index (χ1v) is 12.1. The van der Waals surface area contributed by atoms with E-state index in [9.17, 15) is 4.79 Å². The summed E-state index contributed by atoms with van der Waals surface area (Å²) < 4.78 is 5.57. The van der Waals surface area contributed by atoms with Crippen LogP contribution in [0.4, 0.5) is 0 Å². The van der Waals surface area contributed by atoms with Gasteiger partial charge in [0, 0.05) is 21.6 Å². The fourth-order valence-electron chi connectivity index (χ4n) is 4.77. The number of hydrogen-bond acceptors (Lipinski definition) is 6. The third-order valence-corrected chi connectivity index (χ3v) is 7.92. The van der Waals surface area contributed by atoms with Crippen LogP contribution in [0.3, 0.4) is 0 Å². The molecular formula is C22H24Cl2N4O2S. The topological polar surface area (TPSA) is 74.4 Å². The number of hydrazine groups is 1. The van der Waals surface area contributed by atoms with Gasteiger partial charge in [-0.15, -0.1) is 11.8 Å². The molecule has 2 unspecified atom stereocenters. The maximum absolute atomic E-state index is 12.4. The van der Waals surface area contributed by atoms with Crippen LogP contribution in [0.1, 0.15) is 30.2 Å². The number of thioether (sulfide) groups is 1. The van der Waals surface area contributed by atoms with E-state index in [2.05, 4.69) is 21.5 Å². The van der Waals surface area contributed by atoms with Gasteiger partial charge in [0.25, 0.3) is 5.91 Å². The zero-order chi connectivity index (χ0) is 21.4. The van der Waals surface area contributed by atoms with E-state index in [1.807, 2.05) is 24.3 Å². The van der Waals surface area contributed by atoms with E-state index >= 15 is 0 Å². The number of carbonyl (C=O) groups excluding carboxylic acids is 1. The van der Waals surface area contributed by atoms with Crippen LogP contribution in [0.25, 0.3) is 0 Å². The highest BCUT2D eigenvalue weighted by Crippen LogP contribution is 2.52. The van der Waals surface area contributed by atoms with Crippen molar-refractivity contribution in [2.75, 3.05) is 6.61 Å². The number of carbonyl (C=O) groups is 1. The smallest absolute Gasteiger partial charge is 0.258 e. The molecule has 4 fully saturated rings. The molecule has 0 radical (unpaired) electrons. The first-order chi connectivity index (χ1) is 15.0. The lowest BCUT2D eigenvalue weighted by Crippen LogP contribution is -2.53. The number of hydrogen-bond donors (Lipinski definition) is 4. The summed E-state index contributed by atoms with van der Waals surface area (Å²) >= 11 is 13.7. The summed E-state index contributed by atoms with van der Waals surface area (Å²) in [6.45, 7) is 0.0128. The third kappa shape index (κ3) is 4.82. The summed E-state index contributed by atoms with van der Waals surface area (Å²) in [4.78, 5) is 12.4. The largest absolute Gasteiger partial charge is 0.484 e. The Morgan fingerprint density at radius 3 is 2.42 bits per heavy atom. The molecule has 2 bridgehead atoms. The van der Waals surface area contributed by atoms with Gasteiger partial charge < -0.3 is 10.1 Å². The molecule has 4 aliphatic rings. The SMILES string of the molecule is O=C(COc1ccc(Cl)cc1)NC12CC(C1)[C@@H](NC1NNC(c3ccc(Cl)cc3)S1)C2. The van der Waals surface area contributed by atoms with Crippen LogP contribution in [0.2, 0.25) is 10.0 Å². The van der Waals surface area contributed by atoms with Gasteiger partial charge in [0.2, 0.25) is 0 Å². The number of ether oxygens (including phenoxy) is 1. The summed E-state index contributed by atoms with van der Waals surface area (Å²) in [5.74, 6) is 1.16. The maximum Gasteiger partial charge on any atom is 0.258 e. The lowest BCUT2D eigenvalue weighted by Gasteiger charge is -2.39. The van der Waals surface area contributed by atoms with E-state index in [-0.39, 0.29) is 28.9 Å². The van der Waals surface area contributed by atoms with Crippen LogP contribution >= 0.6 is 35.0 Å². The zero-order valence-electron chi connectivity index (χ0n) is 16.7. The Bertz CT molecular complexity index is 938. The Balaban J connectivity index is 1.08. The molecule has 1 heterocycles. The summed E-state index contributed by atoms with van der Waals surface area (Å²) in [6, 6.07) is 15.3. The van der Waals surface area contributed by atoms with Gasteiger partial charge in [0.1, 0.15) is 11.2 Å². The number of nitrogens with one attached hydrogen (secondary N) is 4. The van der Waals surface area contributed by atoms with Gasteiger partial charge in [-0.2, -0.15) is 0 Å². The van der Waals surface area contributed by atoms with Gasteiger partial charge in [0.05, 0.1) is 5.37 Å². The second-order valence-electron chi connectivity index (χ2n) is 8.45. The Labute approximate surface area is 195 Å². The summed E-state index contributed by atoms with van der Waals surface area (Å²) in [6.07, 6.45) is 2.97. The molecule has 3 aliphatic carbocycles. The van der Waals surface area contributed by atoms with E-state index in [1.165, 1.54) is 5.56 Å². The van der Waals surface area contributed by atoms with Crippen molar-refractivity contribution in [1.29, 1.82) is 0 Å².